The van der Waals surface area contributed by atoms with Gasteiger partial charge in [-0.25, -0.2) is 0 Å². The molecule has 1 aliphatic carbocycles. The molecule has 3 aromatic rings. The molecule has 0 unspecified atom stereocenters. The zero-order chi connectivity index (χ0) is 18.6. The van der Waals surface area contributed by atoms with Crippen LogP contribution in [0.2, 0.25) is 0 Å². The Kier molecular flexibility index (Phi) is 5.01. The van der Waals surface area contributed by atoms with Gasteiger partial charge >= 0.3 is 0 Å². The highest BCUT2D eigenvalue weighted by Gasteiger charge is 2.22. The van der Waals surface area contributed by atoms with E-state index in [1.54, 1.807) is 7.11 Å². The Balaban J connectivity index is 1.46. The average molecular weight is 359 g/mol. The second-order valence-corrected chi connectivity index (χ2v) is 7.14. The molecule has 1 atom stereocenters. The summed E-state index contributed by atoms with van der Waals surface area (Å²) in [6, 6.07) is 22.8. The van der Waals surface area contributed by atoms with Gasteiger partial charge in [0, 0.05) is 11.8 Å². The number of nitrogens with two attached hydrogens (primary N) is 1. The van der Waals surface area contributed by atoms with Crippen LogP contribution in [-0.2, 0) is 19.4 Å². The van der Waals surface area contributed by atoms with Crippen molar-refractivity contribution in [3.63, 3.8) is 0 Å². The van der Waals surface area contributed by atoms with Gasteiger partial charge in [0.1, 0.15) is 18.1 Å². The number of anilines is 1. The van der Waals surface area contributed by atoms with Gasteiger partial charge in [0.15, 0.2) is 0 Å². The van der Waals surface area contributed by atoms with Gasteiger partial charge in [0.05, 0.1) is 7.11 Å². The van der Waals surface area contributed by atoms with Crippen LogP contribution < -0.4 is 15.2 Å². The lowest BCUT2D eigenvalue weighted by Gasteiger charge is -2.26. The Morgan fingerprint density at radius 2 is 1.74 bits per heavy atom. The highest BCUT2D eigenvalue weighted by atomic mass is 16.5. The fourth-order valence-corrected chi connectivity index (χ4v) is 3.88. The summed E-state index contributed by atoms with van der Waals surface area (Å²) in [5, 5.41) is 0. The van der Waals surface area contributed by atoms with Gasteiger partial charge in [-0.2, -0.15) is 0 Å². The maximum Gasteiger partial charge on any atom is 0.120 e. The Hall–Kier alpha value is -2.94. The van der Waals surface area contributed by atoms with Crippen LogP contribution in [0, 0.1) is 0 Å². The molecule has 3 aromatic carbocycles. The van der Waals surface area contributed by atoms with Crippen LogP contribution in [0.1, 0.15) is 34.6 Å². The van der Waals surface area contributed by atoms with E-state index in [1.165, 1.54) is 22.3 Å². The molecule has 0 aliphatic heterocycles. The van der Waals surface area contributed by atoms with Crippen LogP contribution in [0.3, 0.4) is 0 Å². The van der Waals surface area contributed by atoms with Crippen LogP contribution in [0.15, 0.2) is 66.7 Å². The van der Waals surface area contributed by atoms with Crippen LogP contribution in [0.5, 0.6) is 11.5 Å². The smallest absolute Gasteiger partial charge is 0.120 e. The number of benzene rings is 3. The topological polar surface area (TPSA) is 44.5 Å². The second kappa shape index (κ2) is 7.75. The van der Waals surface area contributed by atoms with Crippen molar-refractivity contribution in [1.82, 2.24) is 0 Å². The van der Waals surface area contributed by atoms with E-state index in [-0.39, 0.29) is 0 Å². The van der Waals surface area contributed by atoms with Crippen molar-refractivity contribution in [3.05, 3.63) is 89.0 Å². The van der Waals surface area contributed by atoms with Gasteiger partial charge < -0.3 is 15.2 Å². The monoisotopic (exact) mass is 359 g/mol. The van der Waals surface area contributed by atoms with Crippen LogP contribution in [-0.4, -0.2) is 7.11 Å². The minimum Gasteiger partial charge on any atom is -0.497 e. The van der Waals surface area contributed by atoms with Crippen molar-refractivity contribution in [1.29, 1.82) is 0 Å². The lowest BCUT2D eigenvalue weighted by Crippen LogP contribution is -2.14. The van der Waals surface area contributed by atoms with E-state index in [0.717, 1.165) is 36.4 Å². The van der Waals surface area contributed by atoms with Gasteiger partial charge in [0.2, 0.25) is 0 Å². The number of ether oxygens (including phenoxy) is 2. The second-order valence-electron chi connectivity index (χ2n) is 7.14. The number of methoxy groups -OCH3 is 1. The third-order valence-electron chi connectivity index (χ3n) is 5.39. The number of rotatable bonds is 5. The van der Waals surface area contributed by atoms with E-state index in [0.29, 0.717) is 12.5 Å². The molecule has 2 N–H and O–H groups in total. The lowest BCUT2D eigenvalue weighted by atomic mass is 9.79. The van der Waals surface area contributed by atoms with Gasteiger partial charge in [-0.15, -0.1) is 0 Å². The molecule has 0 radical (unpaired) electrons. The Bertz CT molecular complexity index is 921. The van der Waals surface area contributed by atoms with Crippen LogP contribution in [0.4, 0.5) is 5.69 Å². The quantitative estimate of drug-likeness (QED) is 0.642. The van der Waals surface area contributed by atoms with Crippen molar-refractivity contribution < 1.29 is 9.47 Å². The molecule has 0 fully saturated rings. The number of fused-ring (bicyclic) bond motifs is 1. The molecule has 3 heteroatoms. The van der Waals surface area contributed by atoms with E-state index >= 15 is 0 Å². The average Bonchev–Trinajstić information content (AvgIpc) is 2.72. The summed E-state index contributed by atoms with van der Waals surface area (Å²) < 4.78 is 11.2. The molecular formula is C24H25NO2. The number of aryl methyl sites for hydroxylation is 1. The summed E-state index contributed by atoms with van der Waals surface area (Å²) in [7, 11) is 1.67. The molecule has 138 valence electrons. The summed E-state index contributed by atoms with van der Waals surface area (Å²) in [5.74, 6) is 2.21. The van der Waals surface area contributed by atoms with E-state index in [4.69, 9.17) is 15.2 Å². The minimum atomic E-state index is 0.458. The van der Waals surface area contributed by atoms with E-state index < -0.39 is 0 Å². The summed E-state index contributed by atoms with van der Waals surface area (Å²) in [6.45, 7) is 0.602. The summed E-state index contributed by atoms with van der Waals surface area (Å²) in [6.07, 6.45) is 3.17. The molecule has 0 spiro atoms. The molecule has 0 saturated heterocycles. The van der Waals surface area contributed by atoms with Crippen LogP contribution >= 0.6 is 0 Å². The maximum absolute atomic E-state index is 6.27. The molecular weight excluding hydrogens is 334 g/mol. The Labute approximate surface area is 160 Å². The van der Waals surface area contributed by atoms with Crippen molar-refractivity contribution in [2.24, 2.45) is 0 Å². The summed E-state index contributed by atoms with van der Waals surface area (Å²) in [5.41, 5.74) is 12.3. The van der Waals surface area contributed by atoms with Crippen molar-refractivity contribution >= 4 is 5.69 Å². The fraction of sp³-hybridized carbons (Fsp3) is 0.250. The highest BCUT2D eigenvalue weighted by molar-refractivity contribution is 5.54. The number of nitrogen functional groups attached to an aromatic ring is 1. The zero-order valence-corrected chi connectivity index (χ0v) is 15.7. The molecule has 0 bridgehead atoms. The fourth-order valence-electron chi connectivity index (χ4n) is 3.88. The van der Waals surface area contributed by atoms with Crippen molar-refractivity contribution in [2.45, 2.75) is 31.8 Å². The third kappa shape index (κ3) is 3.92. The first-order chi connectivity index (χ1) is 13.2. The molecule has 3 nitrogen and oxygen atoms in total. The lowest BCUT2D eigenvalue weighted by molar-refractivity contribution is 0.305. The van der Waals surface area contributed by atoms with Gasteiger partial charge in [0.25, 0.3) is 0 Å². The first-order valence-corrected chi connectivity index (χ1v) is 9.45. The zero-order valence-electron chi connectivity index (χ0n) is 15.7. The van der Waals surface area contributed by atoms with Crippen molar-refractivity contribution in [2.75, 3.05) is 12.8 Å². The standard InChI is InChI=1S/C24H25NO2/c1-26-21-11-12-23(24(25)15-21)20-8-7-19-14-22(10-9-18(19)13-20)27-16-17-5-3-2-4-6-17/h2-6,9-12,14-15,20H,7-8,13,16,25H2,1H3/t20-/m1/s1. The van der Waals surface area contributed by atoms with Gasteiger partial charge in [-0.1, -0.05) is 42.5 Å². The Morgan fingerprint density at radius 3 is 2.52 bits per heavy atom. The molecule has 0 aromatic heterocycles. The predicted octanol–water partition coefficient (Wildman–Crippen LogP) is 5.13. The predicted molar refractivity (Wildman–Crippen MR) is 109 cm³/mol. The maximum atomic E-state index is 6.27. The van der Waals surface area contributed by atoms with Crippen LogP contribution in [0.25, 0.3) is 0 Å². The molecule has 0 amide bonds. The van der Waals surface area contributed by atoms with Gasteiger partial charge in [-0.3, -0.25) is 0 Å². The molecule has 0 saturated carbocycles. The van der Waals surface area contributed by atoms with E-state index in [2.05, 4.69) is 36.4 Å². The van der Waals surface area contributed by atoms with Crippen molar-refractivity contribution in [3.8, 4) is 11.5 Å². The number of hydrogen-bond acceptors (Lipinski definition) is 3. The SMILES string of the molecule is COc1ccc([C@@H]2CCc3cc(OCc4ccccc4)ccc3C2)c(N)c1. The molecule has 1 aliphatic rings. The first kappa shape index (κ1) is 17.5. The molecule has 0 heterocycles. The highest BCUT2D eigenvalue weighted by Crippen LogP contribution is 2.37. The number of hydrogen-bond donors (Lipinski definition) is 1. The normalized spacial score (nSPS) is 15.8. The summed E-state index contributed by atoms with van der Waals surface area (Å²) in [4.78, 5) is 0. The largest absolute Gasteiger partial charge is 0.497 e. The molecule has 27 heavy (non-hydrogen) atoms. The van der Waals surface area contributed by atoms with E-state index in [9.17, 15) is 0 Å². The third-order valence-corrected chi connectivity index (χ3v) is 5.39. The first-order valence-electron chi connectivity index (χ1n) is 9.45. The van der Waals surface area contributed by atoms with E-state index in [1.807, 2.05) is 30.3 Å². The Morgan fingerprint density at radius 1 is 0.926 bits per heavy atom. The minimum absolute atomic E-state index is 0.458. The molecule has 4 rings (SSSR count). The van der Waals surface area contributed by atoms with Gasteiger partial charge in [-0.05, 0) is 65.6 Å². The summed E-state index contributed by atoms with van der Waals surface area (Å²) >= 11 is 0.